The number of anilines is 1. The van der Waals surface area contributed by atoms with E-state index in [1.165, 1.54) is 0 Å². The lowest BCUT2D eigenvalue weighted by molar-refractivity contribution is 0.0684. The van der Waals surface area contributed by atoms with Gasteiger partial charge < -0.3 is 10.8 Å². The number of carboxylic acid groups (broad SMARTS) is 1. The third-order valence-corrected chi connectivity index (χ3v) is 2.36. The number of alkyl halides is 2. The Labute approximate surface area is 100 Å². The number of rotatable bonds is 3. The highest BCUT2D eigenvalue weighted by molar-refractivity contribution is 5.89. The largest absolute Gasteiger partial charge is 0.478 e. The van der Waals surface area contributed by atoms with Crippen molar-refractivity contribution in [1.82, 2.24) is 9.78 Å². The number of aromatic carboxylic acids is 1. The number of nitrogen functional groups attached to an aromatic ring is 1. The molecule has 2 aromatic rings. The molecule has 1 aromatic carbocycles. The number of nitrogens with two attached hydrogens (primary N) is 1. The molecule has 0 spiro atoms. The molecule has 2 rings (SSSR count). The summed E-state index contributed by atoms with van der Waals surface area (Å²) in [6.45, 7) is 0. The van der Waals surface area contributed by atoms with E-state index in [2.05, 4.69) is 5.10 Å². The van der Waals surface area contributed by atoms with Crippen LogP contribution >= 0.6 is 0 Å². The molecule has 0 aliphatic rings. The van der Waals surface area contributed by atoms with Crippen LogP contribution in [0.15, 0.2) is 30.5 Å². The first-order chi connectivity index (χ1) is 8.50. The summed E-state index contributed by atoms with van der Waals surface area (Å²) in [6.07, 6.45) is -1.93. The number of benzene rings is 1. The smallest absolute Gasteiger partial charge is 0.339 e. The van der Waals surface area contributed by atoms with Gasteiger partial charge in [-0.1, -0.05) is 12.1 Å². The number of halogens is 2. The summed E-state index contributed by atoms with van der Waals surface area (Å²) in [5.74, 6) is -1.45. The van der Waals surface area contributed by atoms with Gasteiger partial charge in [0.1, 0.15) is 11.3 Å². The zero-order valence-corrected chi connectivity index (χ0v) is 9.05. The molecular formula is C11H9F2N3O2. The maximum absolute atomic E-state index is 12.6. The van der Waals surface area contributed by atoms with Crippen LogP contribution in [0.1, 0.15) is 22.5 Å². The Hall–Kier alpha value is -2.44. The second-order valence-corrected chi connectivity index (χ2v) is 3.54. The van der Waals surface area contributed by atoms with Crippen LogP contribution in [-0.2, 0) is 0 Å². The van der Waals surface area contributed by atoms with Crippen LogP contribution < -0.4 is 5.73 Å². The Morgan fingerprint density at radius 3 is 2.56 bits per heavy atom. The summed E-state index contributed by atoms with van der Waals surface area (Å²) < 4.78 is 26.3. The molecule has 0 atom stereocenters. The first-order valence-corrected chi connectivity index (χ1v) is 4.96. The summed E-state index contributed by atoms with van der Waals surface area (Å²) in [7, 11) is 0. The third kappa shape index (κ3) is 2.02. The lowest BCUT2D eigenvalue weighted by Crippen LogP contribution is -2.00. The number of hydrogen-bond donors (Lipinski definition) is 2. The number of para-hydroxylation sites is 2. The average molecular weight is 253 g/mol. The first-order valence-electron chi connectivity index (χ1n) is 4.96. The fourth-order valence-corrected chi connectivity index (χ4v) is 1.53. The Bertz CT molecular complexity index is 596. The van der Waals surface area contributed by atoms with Gasteiger partial charge in [0.25, 0.3) is 6.43 Å². The number of hydrogen-bond acceptors (Lipinski definition) is 3. The van der Waals surface area contributed by atoms with Gasteiger partial charge in [-0.15, -0.1) is 0 Å². The average Bonchev–Trinajstić information content (AvgIpc) is 2.74. The Morgan fingerprint density at radius 1 is 1.39 bits per heavy atom. The minimum atomic E-state index is -2.96. The molecule has 0 aliphatic carbocycles. The van der Waals surface area contributed by atoms with Crippen molar-refractivity contribution in [3.8, 4) is 5.69 Å². The molecule has 0 radical (unpaired) electrons. The van der Waals surface area contributed by atoms with Crippen LogP contribution in [0.25, 0.3) is 5.69 Å². The van der Waals surface area contributed by atoms with E-state index in [-0.39, 0.29) is 0 Å². The third-order valence-electron chi connectivity index (χ3n) is 2.36. The van der Waals surface area contributed by atoms with Gasteiger partial charge in [-0.2, -0.15) is 5.10 Å². The van der Waals surface area contributed by atoms with Gasteiger partial charge in [0.05, 0.1) is 11.4 Å². The molecule has 5 nitrogen and oxygen atoms in total. The van der Waals surface area contributed by atoms with E-state index in [1.807, 2.05) is 0 Å². The predicted octanol–water partition coefficient (Wildman–Crippen LogP) is 2.09. The normalized spacial score (nSPS) is 10.8. The standard InChI is InChI=1S/C11H9F2N3O2/c12-10(13)9-6(11(17)18)5-16(15-9)8-4-2-1-3-7(8)14/h1-5,10H,14H2,(H,17,18). The molecule has 0 bridgehead atoms. The van der Waals surface area contributed by atoms with Gasteiger partial charge in [0.15, 0.2) is 0 Å². The van der Waals surface area contributed by atoms with Crippen LogP contribution in [-0.4, -0.2) is 20.9 Å². The molecule has 94 valence electrons. The number of nitrogens with zero attached hydrogens (tertiary/aromatic N) is 2. The highest BCUT2D eigenvalue weighted by Crippen LogP contribution is 2.24. The van der Waals surface area contributed by atoms with Crippen LogP contribution in [0.3, 0.4) is 0 Å². The molecule has 18 heavy (non-hydrogen) atoms. The minimum absolute atomic E-state index is 0.317. The molecular weight excluding hydrogens is 244 g/mol. The topological polar surface area (TPSA) is 81.1 Å². The first kappa shape index (κ1) is 12.0. The second-order valence-electron chi connectivity index (χ2n) is 3.54. The van der Waals surface area contributed by atoms with Crippen molar-refractivity contribution in [2.45, 2.75) is 6.43 Å². The van der Waals surface area contributed by atoms with E-state index >= 15 is 0 Å². The molecule has 0 amide bonds. The number of aromatic nitrogens is 2. The lowest BCUT2D eigenvalue weighted by Gasteiger charge is -2.04. The minimum Gasteiger partial charge on any atom is -0.478 e. The second kappa shape index (κ2) is 4.44. The summed E-state index contributed by atoms with van der Waals surface area (Å²) in [5.41, 5.74) is 5.03. The lowest BCUT2D eigenvalue weighted by atomic mass is 10.2. The molecule has 1 heterocycles. The van der Waals surface area contributed by atoms with Crippen LogP contribution in [0.5, 0.6) is 0 Å². The van der Waals surface area contributed by atoms with Crippen molar-refractivity contribution in [2.75, 3.05) is 5.73 Å². The molecule has 1 aromatic heterocycles. The van der Waals surface area contributed by atoms with Crippen LogP contribution in [0.2, 0.25) is 0 Å². The summed E-state index contributed by atoms with van der Waals surface area (Å²) in [4.78, 5) is 10.8. The van der Waals surface area contributed by atoms with E-state index in [4.69, 9.17) is 10.8 Å². The van der Waals surface area contributed by atoms with E-state index < -0.39 is 23.7 Å². The van der Waals surface area contributed by atoms with Gasteiger partial charge in [-0.3, -0.25) is 0 Å². The van der Waals surface area contributed by atoms with Gasteiger partial charge in [0, 0.05) is 6.20 Å². The highest BCUT2D eigenvalue weighted by Gasteiger charge is 2.23. The molecule has 0 fully saturated rings. The maximum atomic E-state index is 12.6. The van der Waals surface area contributed by atoms with Crippen molar-refractivity contribution in [1.29, 1.82) is 0 Å². The Kier molecular flexibility index (Phi) is 2.97. The van der Waals surface area contributed by atoms with E-state index in [9.17, 15) is 13.6 Å². The van der Waals surface area contributed by atoms with Crippen LogP contribution in [0.4, 0.5) is 14.5 Å². The fraction of sp³-hybridized carbons (Fsp3) is 0.0909. The quantitative estimate of drug-likeness (QED) is 0.820. The van der Waals surface area contributed by atoms with E-state index in [0.717, 1.165) is 10.9 Å². The monoisotopic (exact) mass is 253 g/mol. The van der Waals surface area contributed by atoms with Crippen molar-refractivity contribution in [3.63, 3.8) is 0 Å². The molecule has 0 saturated heterocycles. The van der Waals surface area contributed by atoms with Crippen molar-refractivity contribution < 1.29 is 18.7 Å². The molecule has 0 unspecified atom stereocenters. The predicted molar refractivity (Wildman–Crippen MR) is 59.9 cm³/mol. The number of carbonyl (C=O) groups is 1. The molecule has 7 heteroatoms. The van der Waals surface area contributed by atoms with Crippen molar-refractivity contribution in [2.24, 2.45) is 0 Å². The van der Waals surface area contributed by atoms with Gasteiger partial charge >= 0.3 is 5.97 Å². The summed E-state index contributed by atoms with van der Waals surface area (Å²) >= 11 is 0. The molecule has 0 saturated carbocycles. The zero-order chi connectivity index (χ0) is 13.3. The van der Waals surface area contributed by atoms with Crippen molar-refractivity contribution >= 4 is 11.7 Å². The van der Waals surface area contributed by atoms with Gasteiger partial charge in [0.2, 0.25) is 0 Å². The summed E-state index contributed by atoms with van der Waals surface area (Å²) in [5, 5.41) is 12.4. The fourth-order valence-electron chi connectivity index (χ4n) is 1.53. The van der Waals surface area contributed by atoms with Gasteiger partial charge in [-0.25, -0.2) is 18.3 Å². The maximum Gasteiger partial charge on any atom is 0.339 e. The molecule has 0 aliphatic heterocycles. The molecule has 3 N–H and O–H groups in total. The van der Waals surface area contributed by atoms with E-state index in [0.29, 0.717) is 11.4 Å². The Balaban J connectivity index is 2.57. The van der Waals surface area contributed by atoms with Crippen molar-refractivity contribution in [3.05, 3.63) is 41.7 Å². The SMILES string of the molecule is Nc1ccccc1-n1cc(C(=O)O)c(C(F)F)n1. The highest BCUT2D eigenvalue weighted by atomic mass is 19.3. The zero-order valence-electron chi connectivity index (χ0n) is 9.05. The number of carboxylic acids is 1. The Morgan fingerprint density at radius 2 is 2.06 bits per heavy atom. The van der Waals surface area contributed by atoms with Gasteiger partial charge in [-0.05, 0) is 12.1 Å². The van der Waals surface area contributed by atoms with Crippen LogP contribution in [0, 0.1) is 0 Å². The summed E-state index contributed by atoms with van der Waals surface area (Å²) in [6, 6.07) is 6.45. The van der Waals surface area contributed by atoms with E-state index in [1.54, 1.807) is 24.3 Å².